The second kappa shape index (κ2) is 11.9. The number of hydrogen-bond acceptors (Lipinski definition) is 5. The summed E-state index contributed by atoms with van der Waals surface area (Å²) in [6.07, 6.45) is 6.72. The van der Waals surface area contributed by atoms with Crippen molar-refractivity contribution in [1.82, 2.24) is 10.2 Å². The molecule has 1 aliphatic heterocycles. The zero-order valence-electron chi connectivity index (χ0n) is 20.8. The van der Waals surface area contributed by atoms with E-state index in [0.29, 0.717) is 34.9 Å². The molecule has 2 atom stereocenters. The molecule has 1 saturated carbocycles. The molecule has 35 heavy (non-hydrogen) atoms. The second-order valence-electron chi connectivity index (χ2n) is 9.43. The maximum absolute atomic E-state index is 12.9. The number of amides is 2. The summed E-state index contributed by atoms with van der Waals surface area (Å²) in [6.45, 7) is 2.16. The van der Waals surface area contributed by atoms with Gasteiger partial charge < -0.3 is 24.8 Å². The Morgan fingerprint density at radius 1 is 0.971 bits per heavy atom. The van der Waals surface area contributed by atoms with Gasteiger partial charge in [0.1, 0.15) is 0 Å². The number of piperidine rings is 1. The van der Waals surface area contributed by atoms with E-state index in [4.69, 9.17) is 25.8 Å². The van der Waals surface area contributed by atoms with Crippen LogP contribution in [0.1, 0.15) is 37.7 Å². The first kappa shape index (κ1) is 25.5. The molecule has 4 rings (SSSR count). The lowest BCUT2D eigenvalue weighted by atomic mass is 9.89. The number of ether oxygens (including phenoxy) is 3. The molecule has 2 aromatic rings. The summed E-state index contributed by atoms with van der Waals surface area (Å²) >= 11 is 6.02. The fraction of sp³-hybridized carbons (Fsp3) is 0.519. The normalized spacial score (nSPS) is 20.9. The Kier molecular flexibility index (Phi) is 8.63. The smallest absolute Gasteiger partial charge is 0.319 e. The quantitative estimate of drug-likeness (QED) is 0.509. The Labute approximate surface area is 213 Å². The minimum atomic E-state index is -0.214. The third-order valence-corrected chi connectivity index (χ3v) is 7.53. The van der Waals surface area contributed by atoms with Crippen LogP contribution < -0.4 is 24.8 Å². The van der Waals surface area contributed by atoms with E-state index in [1.807, 2.05) is 12.1 Å². The number of halogens is 1. The van der Waals surface area contributed by atoms with E-state index in [1.165, 1.54) is 18.4 Å². The van der Waals surface area contributed by atoms with Crippen LogP contribution >= 0.6 is 11.6 Å². The minimum absolute atomic E-state index is 0.143. The molecular weight excluding hydrogens is 466 g/mol. The SMILES string of the molecule is COc1cc(NC(=O)N[C@@H]2CCC[C@H]2N2CCC(Cc3ccc(Cl)cc3)CC2)cc(OC)c1OC. The van der Waals surface area contributed by atoms with E-state index in [2.05, 4.69) is 27.7 Å². The van der Waals surface area contributed by atoms with E-state index in [9.17, 15) is 4.79 Å². The highest BCUT2D eigenvalue weighted by molar-refractivity contribution is 6.30. The van der Waals surface area contributed by atoms with Gasteiger partial charge >= 0.3 is 6.03 Å². The van der Waals surface area contributed by atoms with Gasteiger partial charge in [-0.25, -0.2) is 4.79 Å². The molecule has 2 fully saturated rings. The maximum Gasteiger partial charge on any atom is 0.319 e. The highest BCUT2D eigenvalue weighted by Gasteiger charge is 2.35. The van der Waals surface area contributed by atoms with Crippen LogP contribution in [0.4, 0.5) is 10.5 Å². The number of nitrogens with one attached hydrogen (secondary N) is 2. The highest BCUT2D eigenvalue weighted by atomic mass is 35.5. The number of urea groups is 1. The number of likely N-dealkylation sites (tertiary alicyclic amines) is 1. The van der Waals surface area contributed by atoms with E-state index in [1.54, 1.807) is 33.5 Å². The average Bonchev–Trinajstić information content (AvgIpc) is 3.33. The first-order valence-electron chi connectivity index (χ1n) is 12.4. The third-order valence-electron chi connectivity index (χ3n) is 7.27. The topological polar surface area (TPSA) is 72.1 Å². The maximum atomic E-state index is 12.9. The van der Waals surface area contributed by atoms with Crippen molar-refractivity contribution in [3.05, 3.63) is 47.0 Å². The summed E-state index contributed by atoms with van der Waals surface area (Å²) in [5, 5.41) is 6.94. The Hall–Kier alpha value is -2.64. The van der Waals surface area contributed by atoms with Crippen molar-refractivity contribution in [1.29, 1.82) is 0 Å². The van der Waals surface area contributed by atoms with Crippen molar-refractivity contribution < 1.29 is 19.0 Å². The Morgan fingerprint density at radius 2 is 1.63 bits per heavy atom. The van der Waals surface area contributed by atoms with Crippen LogP contribution in [0.15, 0.2) is 36.4 Å². The van der Waals surface area contributed by atoms with Gasteiger partial charge in [0.05, 0.1) is 27.0 Å². The molecule has 2 aliphatic rings. The first-order chi connectivity index (χ1) is 17.0. The van der Waals surface area contributed by atoms with E-state index in [0.717, 1.165) is 43.8 Å². The van der Waals surface area contributed by atoms with Crippen molar-refractivity contribution in [2.45, 2.75) is 50.6 Å². The van der Waals surface area contributed by atoms with Gasteiger partial charge in [-0.2, -0.15) is 0 Å². The molecule has 0 bridgehead atoms. The number of methoxy groups -OCH3 is 3. The van der Waals surface area contributed by atoms with E-state index < -0.39 is 0 Å². The lowest BCUT2D eigenvalue weighted by Crippen LogP contribution is -2.52. The molecule has 190 valence electrons. The monoisotopic (exact) mass is 501 g/mol. The average molecular weight is 502 g/mol. The van der Waals surface area contributed by atoms with Crippen molar-refractivity contribution in [2.75, 3.05) is 39.7 Å². The molecule has 1 saturated heterocycles. The molecule has 0 unspecified atom stereocenters. The molecule has 0 aromatic heterocycles. The predicted molar refractivity (Wildman–Crippen MR) is 139 cm³/mol. The molecule has 7 nitrogen and oxygen atoms in total. The van der Waals surface area contributed by atoms with Gasteiger partial charge in [0.25, 0.3) is 0 Å². The van der Waals surface area contributed by atoms with Crippen LogP contribution in [0.25, 0.3) is 0 Å². The van der Waals surface area contributed by atoms with Crippen LogP contribution in [0.5, 0.6) is 17.2 Å². The van der Waals surface area contributed by atoms with Crippen LogP contribution in [0.3, 0.4) is 0 Å². The van der Waals surface area contributed by atoms with Crippen molar-refractivity contribution in [3.63, 3.8) is 0 Å². The lowest BCUT2D eigenvalue weighted by Gasteiger charge is -2.38. The van der Waals surface area contributed by atoms with Crippen LogP contribution in [0.2, 0.25) is 5.02 Å². The molecule has 2 aromatic carbocycles. The summed E-state index contributed by atoms with van der Waals surface area (Å²) in [6, 6.07) is 12.0. The van der Waals surface area contributed by atoms with E-state index in [-0.39, 0.29) is 12.1 Å². The van der Waals surface area contributed by atoms with Crippen LogP contribution in [-0.2, 0) is 6.42 Å². The Balaban J connectivity index is 1.31. The van der Waals surface area contributed by atoms with Gasteiger partial charge in [-0.05, 0) is 75.2 Å². The summed E-state index contributed by atoms with van der Waals surface area (Å²) in [5.41, 5.74) is 1.95. The molecule has 1 aliphatic carbocycles. The fourth-order valence-corrected chi connectivity index (χ4v) is 5.60. The Morgan fingerprint density at radius 3 is 2.23 bits per heavy atom. The molecule has 0 radical (unpaired) electrons. The zero-order valence-corrected chi connectivity index (χ0v) is 21.6. The predicted octanol–water partition coefficient (Wildman–Crippen LogP) is 5.36. The van der Waals surface area contributed by atoms with Gasteiger partial charge in [0.2, 0.25) is 5.75 Å². The number of rotatable bonds is 8. The van der Waals surface area contributed by atoms with Crippen molar-refractivity contribution >= 4 is 23.3 Å². The van der Waals surface area contributed by atoms with Gasteiger partial charge in [-0.3, -0.25) is 4.90 Å². The molecule has 2 N–H and O–H groups in total. The summed E-state index contributed by atoms with van der Waals surface area (Å²) in [4.78, 5) is 15.4. The number of hydrogen-bond donors (Lipinski definition) is 2. The number of nitrogens with zero attached hydrogens (tertiary/aromatic N) is 1. The van der Waals surface area contributed by atoms with Gasteiger partial charge in [-0.15, -0.1) is 0 Å². The van der Waals surface area contributed by atoms with Crippen LogP contribution in [-0.4, -0.2) is 57.4 Å². The largest absolute Gasteiger partial charge is 0.493 e. The van der Waals surface area contributed by atoms with Gasteiger partial charge in [-0.1, -0.05) is 23.7 Å². The van der Waals surface area contributed by atoms with E-state index >= 15 is 0 Å². The summed E-state index contributed by atoms with van der Waals surface area (Å²) < 4.78 is 16.1. The Bertz CT molecular complexity index is 967. The van der Waals surface area contributed by atoms with Crippen molar-refractivity contribution in [2.24, 2.45) is 5.92 Å². The second-order valence-corrected chi connectivity index (χ2v) is 9.86. The van der Waals surface area contributed by atoms with Crippen molar-refractivity contribution in [3.8, 4) is 17.2 Å². The minimum Gasteiger partial charge on any atom is -0.493 e. The number of anilines is 1. The van der Waals surface area contributed by atoms with Gasteiger partial charge in [0.15, 0.2) is 11.5 Å². The van der Waals surface area contributed by atoms with Gasteiger partial charge in [0, 0.05) is 29.2 Å². The third kappa shape index (κ3) is 6.33. The lowest BCUT2D eigenvalue weighted by molar-refractivity contribution is 0.119. The highest BCUT2D eigenvalue weighted by Crippen LogP contribution is 2.40. The number of carbonyl (C=O) groups is 1. The molecular formula is C27H36ClN3O4. The first-order valence-corrected chi connectivity index (χ1v) is 12.7. The number of carbonyl (C=O) groups excluding carboxylic acids is 1. The summed E-state index contributed by atoms with van der Waals surface area (Å²) in [7, 11) is 4.67. The molecule has 0 spiro atoms. The van der Waals surface area contributed by atoms with Crippen LogP contribution in [0, 0.1) is 5.92 Å². The molecule has 2 amide bonds. The molecule has 8 heteroatoms. The standard InChI is InChI=1S/C27H36ClN3O4/c1-33-24-16-21(17-25(34-2)26(24)35-3)29-27(32)30-22-5-4-6-23(22)31-13-11-19(12-14-31)15-18-7-9-20(28)10-8-18/h7-10,16-17,19,22-23H,4-6,11-15H2,1-3H3,(H2,29,30,32)/t22-,23-/m1/s1. The fourth-order valence-electron chi connectivity index (χ4n) is 5.48. The molecule has 1 heterocycles. The zero-order chi connectivity index (χ0) is 24.8. The number of benzene rings is 2. The summed E-state index contributed by atoms with van der Waals surface area (Å²) in [5.74, 6) is 2.20.